The quantitative estimate of drug-likeness (QED) is 0.443. The van der Waals surface area contributed by atoms with Gasteiger partial charge in [-0.05, 0) is 54.5 Å². The molecule has 0 saturated carbocycles. The molecular formula is C18H16O2. The summed E-state index contributed by atoms with van der Waals surface area (Å²) in [6.07, 6.45) is 10.5. The molecule has 1 aromatic carbocycles. The number of benzene rings is 1. The molecule has 1 unspecified atom stereocenters. The number of rotatable bonds is 0. The van der Waals surface area contributed by atoms with Crippen LogP contribution in [0.1, 0.15) is 29.5 Å². The highest BCUT2D eigenvalue weighted by Crippen LogP contribution is 2.51. The lowest BCUT2D eigenvalue weighted by molar-refractivity contribution is -0.112. The van der Waals surface area contributed by atoms with Crippen molar-refractivity contribution in [1.82, 2.24) is 0 Å². The Morgan fingerprint density at radius 1 is 1.45 bits per heavy atom. The van der Waals surface area contributed by atoms with Gasteiger partial charge in [-0.1, -0.05) is 24.1 Å². The number of aliphatic hydroxyl groups is 1. The second kappa shape index (κ2) is 4.38. The van der Waals surface area contributed by atoms with Crippen molar-refractivity contribution in [3.8, 4) is 12.3 Å². The van der Waals surface area contributed by atoms with E-state index in [0.717, 1.165) is 35.8 Å². The zero-order valence-corrected chi connectivity index (χ0v) is 11.4. The lowest BCUT2D eigenvalue weighted by Crippen LogP contribution is -2.32. The molecule has 2 aliphatic carbocycles. The van der Waals surface area contributed by atoms with Crippen LogP contribution >= 0.6 is 0 Å². The van der Waals surface area contributed by atoms with Gasteiger partial charge in [0.2, 0.25) is 0 Å². The van der Waals surface area contributed by atoms with E-state index in [9.17, 15) is 9.90 Å². The van der Waals surface area contributed by atoms with Crippen molar-refractivity contribution in [2.75, 3.05) is 0 Å². The van der Waals surface area contributed by atoms with Crippen molar-refractivity contribution in [3.05, 3.63) is 52.8 Å². The van der Waals surface area contributed by atoms with Crippen molar-refractivity contribution in [2.45, 2.75) is 26.2 Å². The number of aliphatic hydroxyl groups excluding tert-OH is 1. The Morgan fingerprint density at radius 2 is 2.25 bits per heavy atom. The second-order valence-electron chi connectivity index (χ2n) is 5.59. The van der Waals surface area contributed by atoms with Crippen molar-refractivity contribution in [2.24, 2.45) is 5.41 Å². The lowest BCUT2D eigenvalue weighted by atomic mass is 9.61. The van der Waals surface area contributed by atoms with Crippen molar-refractivity contribution < 1.29 is 9.90 Å². The van der Waals surface area contributed by atoms with Gasteiger partial charge < -0.3 is 5.11 Å². The molecule has 20 heavy (non-hydrogen) atoms. The predicted octanol–water partition coefficient (Wildman–Crippen LogP) is 3.36. The summed E-state index contributed by atoms with van der Waals surface area (Å²) >= 11 is 0. The van der Waals surface area contributed by atoms with Gasteiger partial charge in [-0.2, -0.15) is 0 Å². The van der Waals surface area contributed by atoms with Crippen LogP contribution in [0.5, 0.6) is 0 Å². The topological polar surface area (TPSA) is 37.3 Å². The molecule has 0 heterocycles. The summed E-state index contributed by atoms with van der Waals surface area (Å²) in [7, 11) is 0. The number of hydrogen-bond donors (Lipinski definition) is 1. The zero-order valence-electron chi connectivity index (χ0n) is 11.4. The second-order valence-corrected chi connectivity index (χ2v) is 5.59. The van der Waals surface area contributed by atoms with Crippen LogP contribution in [-0.2, 0) is 11.2 Å². The van der Waals surface area contributed by atoms with Crippen LogP contribution in [0.25, 0.3) is 5.57 Å². The van der Waals surface area contributed by atoms with E-state index in [1.54, 1.807) is 6.08 Å². The molecular weight excluding hydrogens is 248 g/mol. The van der Waals surface area contributed by atoms with Gasteiger partial charge in [-0.3, -0.25) is 4.79 Å². The molecule has 0 amide bonds. The van der Waals surface area contributed by atoms with Gasteiger partial charge in [0.1, 0.15) is 0 Å². The number of fused-ring (bicyclic) bond motifs is 3. The van der Waals surface area contributed by atoms with E-state index in [1.165, 1.54) is 5.56 Å². The first kappa shape index (κ1) is 12.7. The first-order chi connectivity index (χ1) is 9.61. The van der Waals surface area contributed by atoms with Crippen LogP contribution in [0.15, 0.2) is 36.1 Å². The molecule has 0 fully saturated rings. The molecule has 0 radical (unpaired) electrons. The summed E-state index contributed by atoms with van der Waals surface area (Å²) in [4.78, 5) is 12.1. The Kier molecular flexibility index (Phi) is 2.79. The van der Waals surface area contributed by atoms with E-state index in [0.29, 0.717) is 12.0 Å². The van der Waals surface area contributed by atoms with Gasteiger partial charge in [-0.25, -0.2) is 0 Å². The predicted molar refractivity (Wildman–Crippen MR) is 79.1 cm³/mol. The number of terminal acetylenes is 1. The molecule has 0 spiro atoms. The molecule has 0 aromatic heterocycles. The third-order valence-corrected chi connectivity index (χ3v) is 4.48. The molecule has 0 aliphatic heterocycles. The molecule has 2 heteroatoms. The highest BCUT2D eigenvalue weighted by atomic mass is 16.2. The smallest absolute Gasteiger partial charge is 0.185 e. The molecule has 0 saturated heterocycles. The van der Waals surface area contributed by atoms with Crippen LogP contribution in [0, 0.1) is 24.7 Å². The third-order valence-electron chi connectivity index (χ3n) is 4.48. The average molecular weight is 264 g/mol. The maximum Gasteiger partial charge on any atom is 0.185 e. The van der Waals surface area contributed by atoms with Crippen LogP contribution < -0.4 is 0 Å². The Bertz CT molecular complexity index is 701. The Labute approximate surface area is 118 Å². The fourth-order valence-electron chi connectivity index (χ4n) is 3.38. The number of ketones is 1. The molecule has 2 nitrogen and oxygen atoms in total. The number of carbonyl (C=O) groups excluding carboxylic acids is 1. The standard InChI is InChI=1S/C18H16O2/c1-3-18-8-7-13-6-4-5-12(2)17(13)15(18)9-16(20)14(10-18)11-19/h1,4-6,9,11,19H,7-8,10H2,2H3/b14-11+. The maximum atomic E-state index is 12.1. The highest BCUT2D eigenvalue weighted by Gasteiger charge is 2.42. The van der Waals surface area contributed by atoms with Crippen LogP contribution in [-0.4, -0.2) is 10.9 Å². The molecule has 1 aromatic rings. The molecule has 2 aliphatic rings. The van der Waals surface area contributed by atoms with Gasteiger partial charge in [0.25, 0.3) is 0 Å². The Balaban J connectivity index is 2.28. The SMILES string of the molecule is C#CC12CCc3cccc(C)c3C1=CC(=O)/C(=C/O)C2. The zero-order chi connectivity index (χ0) is 14.3. The van der Waals surface area contributed by atoms with Gasteiger partial charge >= 0.3 is 0 Å². The van der Waals surface area contributed by atoms with E-state index < -0.39 is 5.41 Å². The maximum absolute atomic E-state index is 12.1. The highest BCUT2D eigenvalue weighted by molar-refractivity contribution is 6.11. The number of hydrogen-bond acceptors (Lipinski definition) is 2. The van der Waals surface area contributed by atoms with Gasteiger partial charge in [-0.15, -0.1) is 6.42 Å². The average Bonchev–Trinajstić information content (AvgIpc) is 2.47. The minimum Gasteiger partial charge on any atom is -0.515 e. The fourth-order valence-corrected chi connectivity index (χ4v) is 3.38. The van der Waals surface area contributed by atoms with Gasteiger partial charge in [0.15, 0.2) is 5.78 Å². The third kappa shape index (κ3) is 1.63. The van der Waals surface area contributed by atoms with E-state index in [2.05, 4.69) is 12.0 Å². The van der Waals surface area contributed by atoms with Crippen molar-refractivity contribution in [3.63, 3.8) is 0 Å². The lowest BCUT2D eigenvalue weighted by Gasteiger charge is -2.40. The van der Waals surface area contributed by atoms with Crippen LogP contribution in [0.3, 0.4) is 0 Å². The fraction of sp³-hybridized carbons (Fsp3) is 0.278. The van der Waals surface area contributed by atoms with E-state index in [-0.39, 0.29) is 5.78 Å². The normalized spacial score (nSPS) is 26.5. The van der Waals surface area contributed by atoms with Gasteiger partial charge in [0.05, 0.1) is 11.7 Å². The van der Waals surface area contributed by atoms with Gasteiger partial charge in [0, 0.05) is 5.57 Å². The van der Waals surface area contributed by atoms with E-state index in [1.807, 2.05) is 19.1 Å². The van der Waals surface area contributed by atoms with E-state index in [4.69, 9.17) is 6.42 Å². The summed E-state index contributed by atoms with van der Waals surface area (Å²) in [5.74, 6) is 2.77. The monoisotopic (exact) mass is 264 g/mol. The summed E-state index contributed by atoms with van der Waals surface area (Å²) in [5, 5.41) is 9.23. The summed E-state index contributed by atoms with van der Waals surface area (Å²) in [5.41, 5.74) is 4.44. The summed E-state index contributed by atoms with van der Waals surface area (Å²) in [6.45, 7) is 2.05. The number of carbonyl (C=O) groups is 1. The molecule has 3 rings (SSSR count). The largest absolute Gasteiger partial charge is 0.515 e. The van der Waals surface area contributed by atoms with Crippen LogP contribution in [0.4, 0.5) is 0 Å². The first-order valence-corrected chi connectivity index (χ1v) is 6.78. The molecule has 1 N–H and O–H groups in total. The number of allylic oxidation sites excluding steroid dienone is 3. The van der Waals surface area contributed by atoms with E-state index >= 15 is 0 Å². The molecule has 100 valence electrons. The summed E-state index contributed by atoms with van der Waals surface area (Å²) < 4.78 is 0. The number of aryl methyl sites for hydroxylation is 2. The minimum atomic E-state index is -0.457. The molecule has 1 atom stereocenters. The van der Waals surface area contributed by atoms with Crippen molar-refractivity contribution >= 4 is 11.4 Å². The van der Waals surface area contributed by atoms with Crippen LogP contribution in [0.2, 0.25) is 0 Å². The molecule has 0 bridgehead atoms. The van der Waals surface area contributed by atoms with Crippen molar-refractivity contribution in [1.29, 1.82) is 0 Å². The Hall–Kier alpha value is -2.27. The first-order valence-electron chi connectivity index (χ1n) is 6.78. The summed E-state index contributed by atoms with van der Waals surface area (Å²) in [6, 6.07) is 6.20. The Morgan fingerprint density at radius 3 is 2.95 bits per heavy atom. The minimum absolute atomic E-state index is 0.135.